The van der Waals surface area contributed by atoms with E-state index in [9.17, 15) is 66.3 Å². The van der Waals surface area contributed by atoms with Crippen molar-refractivity contribution < 1.29 is 80.4 Å². The number of aromatic nitrogens is 2. The number of benzene rings is 4. The number of nitrogens with two attached hydrogens (primary N) is 1. The minimum atomic E-state index is -4.19. The number of nitrogens with one attached hydrogen (secondary N) is 9. The number of ether oxygens (including phenoxy) is 4. The maximum absolute atomic E-state index is 14.5. The van der Waals surface area contributed by atoms with E-state index in [4.69, 9.17) is 29.7 Å². The highest BCUT2D eigenvalue weighted by Gasteiger charge is 2.50. The van der Waals surface area contributed by atoms with Gasteiger partial charge in [-0.15, -0.1) is 0 Å². The number of carboxylic acid groups (broad SMARTS) is 1. The predicted octanol–water partition coefficient (Wildman–Crippen LogP) is 3.05. The van der Waals surface area contributed by atoms with Crippen LogP contribution >= 0.6 is 0 Å². The van der Waals surface area contributed by atoms with Gasteiger partial charge in [0.2, 0.25) is 36.0 Å². The second-order valence-electron chi connectivity index (χ2n) is 27.6. The molecule has 4 aliphatic heterocycles. The number of amides is 10. The highest BCUT2D eigenvalue weighted by atomic mass is 32.2. The van der Waals surface area contributed by atoms with Crippen molar-refractivity contribution in [2.75, 3.05) is 108 Å². The van der Waals surface area contributed by atoms with Crippen LogP contribution in [0.1, 0.15) is 88.1 Å². The molecule has 0 radical (unpaired) electrons. The number of likely N-dealkylation sites (N-methyl/N-ethyl adjacent to an activating group) is 3. The van der Waals surface area contributed by atoms with Gasteiger partial charge in [-0.1, -0.05) is 44.5 Å². The number of sulfonamides is 1. The average molecular weight is 1530 g/mol. The summed E-state index contributed by atoms with van der Waals surface area (Å²) in [4.78, 5) is 159. The Morgan fingerprint density at radius 3 is 2.08 bits per heavy atom. The van der Waals surface area contributed by atoms with Gasteiger partial charge in [-0.2, -0.15) is 0 Å². The van der Waals surface area contributed by atoms with Crippen LogP contribution in [-0.4, -0.2) is 216 Å². The van der Waals surface area contributed by atoms with Gasteiger partial charge in [0, 0.05) is 97.7 Å². The number of esters is 2. The van der Waals surface area contributed by atoms with Gasteiger partial charge >= 0.3 is 36.0 Å². The van der Waals surface area contributed by atoms with Crippen LogP contribution in [0.3, 0.4) is 0 Å². The maximum atomic E-state index is 14.5. The van der Waals surface area contributed by atoms with Crippen LogP contribution in [0.25, 0.3) is 22.3 Å². The van der Waals surface area contributed by atoms with Gasteiger partial charge in [0.1, 0.15) is 24.4 Å². The van der Waals surface area contributed by atoms with E-state index >= 15 is 0 Å². The van der Waals surface area contributed by atoms with Crippen LogP contribution in [0.4, 0.5) is 37.1 Å². The third-order valence-corrected chi connectivity index (χ3v) is 21.9. The Bertz CT molecular complexity index is 4620. The molecule has 10 amide bonds. The third-order valence-electron chi connectivity index (χ3n) is 18.6. The van der Waals surface area contributed by atoms with Crippen molar-refractivity contribution in [1.82, 2.24) is 55.7 Å². The van der Waals surface area contributed by atoms with E-state index in [-0.39, 0.29) is 84.5 Å². The smallest absolute Gasteiger partial charge is 0.355 e. The highest BCUT2D eigenvalue weighted by Crippen LogP contribution is 2.42. The van der Waals surface area contributed by atoms with Gasteiger partial charge in [-0.3, -0.25) is 43.2 Å². The van der Waals surface area contributed by atoms with Crippen molar-refractivity contribution in [2.24, 2.45) is 5.73 Å². The Hall–Kier alpha value is -11.2. The Balaban J connectivity index is 0.639. The standard InChI is InChI=1S/C72H90N16O18SSi/c1-8-21-74-69(98)78-47-13-10-15-49(32-47)107(101,102)83-48-14-9-12-42(30-48)53(36-61(91)92)81-71(100)77-46-19-17-45(18-20-46)76-70(99)75-22-24-84(5)25-26-85(6)27-28-86(7)38-60(90)79-54(35-59(73)89)66(95)87-23-11-16-55(87)63(93)82-64(108-41(2)3)67(96)106-72(4)51-33-56-62-44(37-88(56)65(94)50(51)39-103-68(72)97)29-43-31-57-58(105-40-104-57)34-52(43)80-62/h9-10,12-15,17-20,29-34,41,53-55,64,83H,8,11,16,21-28,35-40,108H2,1-7H3,(H2,73,89)(H,79,90)(H,82,93)(H,91,92)(H2,74,78,98)(H2,75,76,99)(H2,77,81,100)/t53-,54+,55+,64+,72+/m1/s1. The number of hydrogen-bond donors (Lipinski definition) is 11. The number of cyclic esters (lactones) is 1. The number of hydrogen-bond acceptors (Lipinski definition) is 21. The summed E-state index contributed by atoms with van der Waals surface area (Å²) in [5, 5.41) is 32.0. The number of likely N-dealkylation sites (tertiary alicyclic amines) is 1. The van der Waals surface area contributed by atoms with E-state index in [0.29, 0.717) is 91.9 Å². The van der Waals surface area contributed by atoms with Gasteiger partial charge in [0.25, 0.3) is 15.6 Å². The van der Waals surface area contributed by atoms with Crippen LogP contribution in [0.2, 0.25) is 5.54 Å². The SMILES string of the molecule is CCCNC(=O)Nc1cccc(S(=O)(=O)Nc2cccc([C@@H](CC(=O)O)NC(=O)Nc3ccc(NC(=O)NCCN(C)CCN(C)CCN(C)CC(=O)N[C@@H](CC(N)=O)C(=O)N4CCC[C@H]4C(=O)N[C@@H]([SiH2]C(C)C)C(=O)O[C@]4(C)C(=O)OCc5c4cc4n(c5=O)Cc5cc6cc7c(cc6nc5-4)OCO7)cc3)c2)c1. The van der Waals surface area contributed by atoms with E-state index in [1.165, 1.54) is 77.1 Å². The fourth-order valence-electron chi connectivity index (χ4n) is 12.9. The summed E-state index contributed by atoms with van der Waals surface area (Å²) < 4.78 is 53.5. The molecule has 12 N–H and O–H groups in total. The van der Waals surface area contributed by atoms with Gasteiger partial charge in [0.15, 0.2) is 11.5 Å². The lowest BCUT2D eigenvalue weighted by atomic mass is 9.89. The molecule has 0 aliphatic carbocycles. The zero-order valence-electron chi connectivity index (χ0n) is 60.9. The van der Waals surface area contributed by atoms with E-state index in [1.54, 1.807) is 36.2 Å². The fourth-order valence-corrected chi connectivity index (χ4v) is 15.6. The molecular weight excluding hydrogens is 1440 g/mol. The van der Waals surface area contributed by atoms with Crippen molar-refractivity contribution >= 4 is 113 Å². The molecule has 4 aliphatic rings. The number of primary amides is 1. The molecule has 2 aromatic heterocycles. The zero-order chi connectivity index (χ0) is 77.7. The summed E-state index contributed by atoms with van der Waals surface area (Å²) in [6, 6.07) is 19.4. The van der Waals surface area contributed by atoms with Crippen LogP contribution in [0, 0.1) is 0 Å². The van der Waals surface area contributed by atoms with Gasteiger partial charge in [-0.25, -0.2) is 32.6 Å². The van der Waals surface area contributed by atoms with Crippen molar-refractivity contribution in [3.05, 3.63) is 130 Å². The van der Waals surface area contributed by atoms with E-state index in [1.807, 2.05) is 51.9 Å². The largest absolute Gasteiger partial charge is 0.481 e. The van der Waals surface area contributed by atoms with Gasteiger partial charge < -0.3 is 91.6 Å². The molecule has 6 aromatic rings. The summed E-state index contributed by atoms with van der Waals surface area (Å²) in [7, 11) is -0.241. The van der Waals surface area contributed by atoms with E-state index in [0.717, 1.165) is 10.9 Å². The van der Waals surface area contributed by atoms with Crippen LogP contribution in [0.5, 0.6) is 11.5 Å². The molecule has 1 fully saturated rings. The molecule has 4 aromatic carbocycles. The Kier molecular flexibility index (Phi) is 25.7. The maximum Gasteiger partial charge on any atom is 0.355 e. The number of carbonyl (C=O) groups is 10. The normalized spacial score (nSPS) is 16.4. The van der Waals surface area contributed by atoms with Gasteiger partial charge in [0.05, 0.1) is 68.9 Å². The second kappa shape index (κ2) is 35.0. The van der Waals surface area contributed by atoms with Crippen LogP contribution in [0.15, 0.2) is 107 Å². The number of carbonyl (C=O) groups excluding carboxylic acids is 9. The molecule has 34 nitrogen and oxygen atoms in total. The Morgan fingerprint density at radius 1 is 0.750 bits per heavy atom. The summed E-state index contributed by atoms with van der Waals surface area (Å²) in [6.45, 7) is 10.2. The number of aliphatic carboxylic acids is 1. The van der Waals surface area contributed by atoms with E-state index < -0.39 is 127 Å². The lowest BCUT2D eigenvalue weighted by Gasteiger charge is -2.35. The molecule has 0 saturated carbocycles. The Morgan fingerprint density at radius 2 is 1.40 bits per heavy atom. The lowest BCUT2D eigenvalue weighted by Crippen LogP contribution is -2.58. The number of rotatable bonds is 33. The first-order chi connectivity index (χ1) is 51.4. The van der Waals surface area contributed by atoms with Crippen molar-refractivity contribution in [3.8, 4) is 22.9 Å². The monoisotopic (exact) mass is 1530 g/mol. The molecule has 0 bridgehead atoms. The summed E-state index contributed by atoms with van der Waals surface area (Å²) in [5.74, 6) is -4.84. The fraction of sp³-hybridized carbons (Fsp3) is 0.417. The number of urea groups is 3. The van der Waals surface area contributed by atoms with Crippen molar-refractivity contribution in [3.63, 3.8) is 0 Å². The number of carboxylic acids is 1. The Labute approximate surface area is 624 Å². The molecule has 6 heterocycles. The molecule has 108 heavy (non-hydrogen) atoms. The molecule has 0 spiro atoms. The first-order valence-corrected chi connectivity index (χ1v) is 38.4. The zero-order valence-corrected chi connectivity index (χ0v) is 63.1. The molecule has 576 valence electrons. The molecule has 10 rings (SSSR count). The quantitative estimate of drug-likeness (QED) is 0.0208. The number of fused-ring (bicyclic) bond motifs is 6. The molecule has 1 saturated heterocycles. The van der Waals surface area contributed by atoms with E-state index in [2.05, 4.69) is 52.2 Å². The third kappa shape index (κ3) is 20.1. The lowest BCUT2D eigenvalue weighted by molar-refractivity contribution is -0.186. The van der Waals surface area contributed by atoms with Crippen LogP contribution < -0.4 is 68.0 Å². The summed E-state index contributed by atoms with van der Waals surface area (Å²) >= 11 is 0. The number of pyridine rings is 2. The summed E-state index contributed by atoms with van der Waals surface area (Å²) in [6.07, 6.45) is 0.177. The average Bonchev–Trinajstić information content (AvgIpc) is 1.64. The first-order valence-electron chi connectivity index (χ1n) is 35.3. The minimum absolute atomic E-state index is 0.0663. The summed E-state index contributed by atoms with van der Waals surface area (Å²) in [5.41, 5.74) is 5.56. The number of anilines is 4. The number of nitrogens with zero attached hydrogens (tertiary/aromatic N) is 6. The van der Waals surface area contributed by atoms with Crippen molar-refractivity contribution in [2.45, 2.75) is 113 Å². The predicted molar refractivity (Wildman–Crippen MR) is 400 cm³/mol. The van der Waals surface area contributed by atoms with Crippen molar-refractivity contribution in [1.29, 1.82) is 0 Å². The molecular formula is C72H90N16O18SSi. The van der Waals surface area contributed by atoms with Gasteiger partial charge in [-0.05, 0) is 126 Å². The minimum Gasteiger partial charge on any atom is -0.481 e. The molecule has 0 unspecified atom stereocenters. The topological polar surface area (TPSA) is 444 Å². The first kappa shape index (κ1) is 79.4. The highest BCUT2D eigenvalue weighted by molar-refractivity contribution is 7.92. The molecule has 5 atom stereocenters. The molecule has 36 heteroatoms. The second-order valence-corrected chi connectivity index (χ2v) is 32.2. The van der Waals surface area contributed by atoms with Crippen LogP contribution in [-0.2, 0) is 71.8 Å².